The minimum absolute atomic E-state index is 0.144. The molecule has 5 nitrogen and oxygen atoms in total. The topological polar surface area (TPSA) is 74.8 Å². The molecule has 28 heavy (non-hydrogen) atoms. The van der Waals surface area contributed by atoms with Crippen molar-refractivity contribution < 1.29 is 14.3 Å². The van der Waals surface area contributed by atoms with Crippen LogP contribution in [0.2, 0.25) is 10.0 Å². The molecule has 1 aromatic heterocycles. The Morgan fingerprint density at radius 2 is 1.75 bits per heavy atom. The summed E-state index contributed by atoms with van der Waals surface area (Å²) in [6.45, 7) is 0. The molecule has 1 fully saturated rings. The molecule has 0 bridgehead atoms. The fourth-order valence-electron chi connectivity index (χ4n) is 2.60. The lowest BCUT2D eigenvalue weighted by Crippen LogP contribution is -2.18. The summed E-state index contributed by atoms with van der Waals surface area (Å²) < 4.78 is 5.86. The summed E-state index contributed by atoms with van der Waals surface area (Å²) >= 11 is 13.5. The number of thioether (sulfide) groups is 1. The highest BCUT2D eigenvalue weighted by atomic mass is 35.5. The lowest BCUT2D eigenvalue weighted by atomic mass is 10.2. The lowest BCUT2D eigenvalue weighted by Gasteiger charge is -2.03. The molecule has 1 aliphatic rings. The molecule has 0 aliphatic carbocycles. The smallest absolute Gasteiger partial charge is 0.289 e. The first-order valence-electron chi connectivity index (χ1n) is 8.12. The average molecular weight is 431 g/mol. The van der Waals surface area contributed by atoms with Crippen LogP contribution in [-0.2, 0) is 0 Å². The van der Waals surface area contributed by atoms with Crippen LogP contribution in [0, 0.1) is 0 Å². The molecule has 0 atom stereocenters. The van der Waals surface area contributed by atoms with Crippen LogP contribution >= 0.6 is 35.0 Å². The Balaban J connectivity index is 1.67. The highest BCUT2D eigenvalue weighted by Gasteiger charge is 2.24. The number of nitrogens with one attached hydrogen (secondary N) is 1. The number of carbonyl (C=O) groups excluding carboxylic acids is 1. The third kappa shape index (κ3) is 3.94. The number of rotatable bonds is 3. The fourth-order valence-corrected chi connectivity index (χ4v) is 3.90. The van der Waals surface area contributed by atoms with E-state index in [2.05, 4.69) is 10.3 Å². The summed E-state index contributed by atoms with van der Waals surface area (Å²) in [5.41, 5.74) is 1.21. The number of carbonyl (C=O) groups is 1. The first kappa shape index (κ1) is 18.7. The first-order chi connectivity index (χ1) is 13.5. The van der Waals surface area contributed by atoms with Crippen molar-refractivity contribution in [3.8, 4) is 17.1 Å². The number of aliphatic imine (C=N–C) groups is 1. The van der Waals surface area contributed by atoms with Crippen molar-refractivity contribution >= 4 is 57.8 Å². The van der Waals surface area contributed by atoms with Crippen molar-refractivity contribution in [1.29, 1.82) is 0 Å². The molecule has 8 heteroatoms. The molecule has 140 valence electrons. The molecule has 2 heterocycles. The number of halogens is 2. The average Bonchev–Trinajstić information content (AvgIpc) is 3.24. The van der Waals surface area contributed by atoms with Crippen LogP contribution in [0.4, 0.5) is 10.5 Å². The van der Waals surface area contributed by atoms with Crippen LogP contribution in [-0.4, -0.2) is 16.2 Å². The Labute approximate surface area is 174 Å². The maximum atomic E-state index is 11.8. The van der Waals surface area contributed by atoms with Crippen LogP contribution < -0.4 is 5.32 Å². The highest BCUT2D eigenvalue weighted by molar-refractivity contribution is 8.18. The van der Waals surface area contributed by atoms with Gasteiger partial charge in [-0.1, -0.05) is 29.3 Å². The maximum absolute atomic E-state index is 11.8. The molecule has 0 spiro atoms. The van der Waals surface area contributed by atoms with Gasteiger partial charge in [-0.3, -0.25) is 4.79 Å². The fraction of sp³-hybridized carbons (Fsp3) is 0. The first-order valence-corrected chi connectivity index (χ1v) is 9.70. The Bertz CT molecular complexity index is 1100. The Morgan fingerprint density at radius 1 is 1.04 bits per heavy atom. The van der Waals surface area contributed by atoms with Crippen molar-refractivity contribution in [2.24, 2.45) is 4.99 Å². The second-order valence-electron chi connectivity index (χ2n) is 5.80. The lowest BCUT2D eigenvalue weighted by molar-refractivity contribution is 0.265. The van der Waals surface area contributed by atoms with Crippen molar-refractivity contribution in [2.75, 3.05) is 0 Å². The van der Waals surface area contributed by atoms with E-state index >= 15 is 0 Å². The monoisotopic (exact) mass is 430 g/mol. The highest BCUT2D eigenvalue weighted by Crippen LogP contribution is 2.36. The van der Waals surface area contributed by atoms with Gasteiger partial charge in [-0.25, -0.2) is 4.99 Å². The largest absolute Gasteiger partial charge is 0.508 e. The SMILES string of the molecule is O=C1NC(=Nc2ccc(O)cc2)C(=Cc2ccc(-c3c(Cl)cccc3Cl)o2)S1. The van der Waals surface area contributed by atoms with Crippen LogP contribution in [0.25, 0.3) is 17.4 Å². The van der Waals surface area contributed by atoms with Crippen molar-refractivity contribution in [2.45, 2.75) is 0 Å². The van der Waals surface area contributed by atoms with E-state index in [-0.39, 0.29) is 11.0 Å². The molecule has 1 saturated heterocycles. The third-order valence-corrected chi connectivity index (χ3v) is 5.30. The van der Waals surface area contributed by atoms with Crippen molar-refractivity contribution in [3.63, 3.8) is 0 Å². The molecular formula is C20H12Cl2N2O3S. The quantitative estimate of drug-likeness (QED) is 0.497. The molecule has 0 radical (unpaired) electrons. The molecule has 0 saturated carbocycles. The Kier molecular flexibility index (Phi) is 5.17. The molecule has 2 aromatic carbocycles. The van der Waals surface area contributed by atoms with E-state index in [0.717, 1.165) is 11.8 Å². The van der Waals surface area contributed by atoms with Crippen LogP contribution in [0.1, 0.15) is 5.76 Å². The summed E-state index contributed by atoms with van der Waals surface area (Å²) in [6.07, 6.45) is 1.72. The van der Waals surface area contributed by atoms with E-state index in [4.69, 9.17) is 27.6 Å². The van der Waals surface area contributed by atoms with Gasteiger partial charge in [0.2, 0.25) is 0 Å². The number of hydrogen-bond donors (Lipinski definition) is 2. The van der Waals surface area contributed by atoms with E-state index < -0.39 is 0 Å². The Morgan fingerprint density at radius 3 is 2.46 bits per heavy atom. The summed E-state index contributed by atoms with van der Waals surface area (Å²) in [4.78, 5) is 16.9. The van der Waals surface area contributed by atoms with E-state index in [1.807, 2.05) is 0 Å². The molecule has 1 aliphatic heterocycles. The molecule has 3 aromatic rings. The second kappa shape index (κ2) is 7.75. The van der Waals surface area contributed by atoms with Gasteiger partial charge in [0.1, 0.15) is 23.1 Å². The number of nitrogens with zero attached hydrogens (tertiary/aromatic N) is 1. The zero-order valence-corrected chi connectivity index (χ0v) is 16.5. The Hall–Kier alpha value is -2.67. The molecule has 4 rings (SSSR count). The van der Waals surface area contributed by atoms with Gasteiger partial charge in [-0.2, -0.15) is 0 Å². The normalized spacial score (nSPS) is 16.7. The molecule has 1 amide bonds. The van der Waals surface area contributed by atoms with E-state index in [1.165, 1.54) is 12.1 Å². The summed E-state index contributed by atoms with van der Waals surface area (Å²) in [5, 5.41) is 12.8. The minimum atomic E-state index is -0.232. The molecule has 2 N–H and O–H groups in total. The van der Waals surface area contributed by atoms with E-state index in [0.29, 0.717) is 43.6 Å². The number of furan rings is 1. The van der Waals surface area contributed by atoms with Crippen molar-refractivity contribution in [1.82, 2.24) is 5.32 Å². The predicted octanol–water partition coefficient (Wildman–Crippen LogP) is 6.49. The zero-order chi connectivity index (χ0) is 19.7. The van der Waals surface area contributed by atoms with Crippen LogP contribution in [0.15, 0.2) is 68.9 Å². The van der Waals surface area contributed by atoms with Gasteiger partial charge in [0.05, 0.1) is 26.2 Å². The van der Waals surface area contributed by atoms with Gasteiger partial charge in [-0.15, -0.1) is 0 Å². The van der Waals surface area contributed by atoms with Crippen molar-refractivity contribution in [3.05, 3.63) is 75.3 Å². The summed E-state index contributed by atoms with van der Waals surface area (Å²) in [7, 11) is 0. The summed E-state index contributed by atoms with van der Waals surface area (Å²) in [5.74, 6) is 1.62. The molecular weight excluding hydrogens is 419 g/mol. The standard InChI is InChI=1S/C20H12Cl2N2O3S/c21-14-2-1-3-15(22)18(14)16-9-8-13(27-16)10-17-19(24-20(26)28-17)23-11-4-6-12(25)7-5-11/h1-10,25H,(H,23,24,26). The van der Waals surface area contributed by atoms with Gasteiger partial charge < -0.3 is 14.8 Å². The van der Waals surface area contributed by atoms with E-state index in [1.54, 1.807) is 48.5 Å². The number of phenols is 1. The van der Waals surface area contributed by atoms with Gasteiger partial charge in [0.25, 0.3) is 5.24 Å². The molecule has 0 unspecified atom stereocenters. The van der Waals surface area contributed by atoms with Gasteiger partial charge in [0, 0.05) is 0 Å². The third-order valence-electron chi connectivity index (χ3n) is 3.86. The number of amides is 1. The second-order valence-corrected chi connectivity index (χ2v) is 7.63. The van der Waals surface area contributed by atoms with E-state index in [9.17, 15) is 9.90 Å². The number of aromatic hydroxyl groups is 1. The van der Waals surface area contributed by atoms with Gasteiger partial charge in [-0.05, 0) is 66.4 Å². The van der Waals surface area contributed by atoms with Crippen LogP contribution in [0.5, 0.6) is 5.75 Å². The van der Waals surface area contributed by atoms with Gasteiger partial charge >= 0.3 is 0 Å². The zero-order valence-electron chi connectivity index (χ0n) is 14.1. The number of amidine groups is 1. The predicted molar refractivity (Wildman–Crippen MR) is 113 cm³/mol. The van der Waals surface area contributed by atoms with Crippen LogP contribution in [0.3, 0.4) is 0 Å². The number of hydrogen-bond acceptors (Lipinski definition) is 5. The maximum Gasteiger partial charge on any atom is 0.289 e. The van der Waals surface area contributed by atoms with Gasteiger partial charge in [0.15, 0.2) is 0 Å². The number of benzene rings is 2. The number of phenolic OH excluding ortho intramolecular Hbond substituents is 1. The minimum Gasteiger partial charge on any atom is -0.508 e. The summed E-state index contributed by atoms with van der Waals surface area (Å²) in [6, 6.07) is 15.1.